The van der Waals surface area contributed by atoms with Crippen LogP contribution in [0.1, 0.15) is 16.7 Å². The normalized spacial score (nSPS) is 18.0. The number of nitrogens with zero attached hydrogens (tertiary/aromatic N) is 8. The smallest absolute Gasteiger partial charge is 0.227 e. The molecule has 0 radical (unpaired) electrons. The van der Waals surface area contributed by atoms with Crippen LogP contribution in [-0.2, 0) is 13.1 Å². The highest BCUT2D eigenvalue weighted by atomic mass is 15.3. The van der Waals surface area contributed by atoms with Gasteiger partial charge in [-0.25, -0.2) is 4.98 Å². The number of pyridine rings is 2. The van der Waals surface area contributed by atoms with Crippen LogP contribution < -0.4 is 9.80 Å². The second-order valence-electron chi connectivity index (χ2n) is 8.93. The number of aromatic nitrogens is 4. The average molecular weight is 445 g/mol. The van der Waals surface area contributed by atoms with Crippen LogP contribution in [0.4, 0.5) is 11.8 Å². The minimum absolute atomic E-state index is 0.856. The number of aryl methyl sites for hydroxylation is 1. The Labute approximate surface area is 195 Å². The van der Waals surface area contributed by atoms with Crippen molar-refractivity contribution in [2.45, 2.75) is 20.0 Å². The number of hydrogen-bond acceptors (Lipinski definition) is 8. The molecule has 8 nitrogen and oxygen atoms in total. The molecule has 0 unspecified atom stereocenters. The summed E-state index contributed by atoms with van der Waals surface area (Å²) in [6.45, 7) is 12.0. The van der Waals surface area contributed by atoms with Gasteiger partial charge >= 0.3 is 0 Å². The third-order valence-corrected chi connectivity index (χ3v) is 6.52. The van der Waals surface area contributed by atoms with Gasteiger partial charge < -0.3 is 9.80 Å². The molecule has 0 amide bonds. The first-order valence-corrected chi connectivity index (χ1v) is 11.8. The standard InChI is InChI=1S/C25H32N8/c1-21-16-28-25(33-14-10-31(11-15-33)20-23-5-3-7-27-18-23)29-24(21)32-12-8-30(9-13-32)19-22-4-2-6-26-17-22/h2-7,16-18H,8-15,19-20H2,1H3. The molecule has 0 aliphatic carbocycles. The molecule has 3 aromatic heterocycles. The van der Waals surface area contributed by atoms with Gasteiger partial charge in [0.15, 0.2) is 0 Å². The van der Waals surface area contributed by atoms with Crippen molar-refractivity contribution in [2.24, 2.45) is 0 Å². The summed E-state index contributed by atoms with van der Waals surface area (Å²) in [6, 6.07) is 8.31. The summed E-state index contributed by atoms with van der Waals surface area (Å²) >= 11 is 0. The van der Waals surface area contributed by atoms with Crippen LogP contribution in [-0.4, -0.2) is 82.1 Å². The summed E-state index contributed by atoms with van der Waals surface area (Å²) < 4.78 is 0. The Morgan fingerprint density at radius 3 is 1.76 bits per heavy atom. The fourth-order valence-electron chi connectivity index (χ4n) is 4.62. The lowest BCUT2D eigenvalue weighted by molar-refractivity contribution is 0.247. The van der Waals surface area contributed by atoms with Gasteiger partial charge in [-0.2, -0.15) is 4.98 Å². The molecular weight excluding hydrogens is 412 g/mol. The highest BCUT2D eigenvalue weighted by molar-refractivity contribution is 5.50. The summed E-state index contributed by atoms with van der Waals surface area (Å²) in [4.78, 5) is 27.9. The Balaban J connectivity index is 1.17. The maximum atomic E-state index is 5.02. The minimum Gasteiger partial charge on any atom is -0.354 e. The first kappa shape index (κ1) is 21.7. The number of piperazine rings is 2. The van der Waals surface area contributed by atoms with E-state index in [1.807, 2.05) is 43.1 Å². The van der Waals surface area contributed by atoms with E-state index in [0.29, 0.717) is 0 Å². The summed E-state index contributed by atoms with van der Waals surface area (Å²) in [6.07, 6.45) is 9.57. The monoisotopic (exact) mass is 444 g/mol. The Bertz CT molecular complexity index is 1010. The van der Waals surface area contributed by atoms with Gasteiger partial charge in [0, 0.05) is 102 Å². The lowest BCUT2D eigenvalue weighted by atomic mass is 10.2. The number of rotatable bonds is 6. The molecule has 2 aliphatic rings. The Kier molecular flexibility index (Phi) is 6.73. The van der Waals surface area contributed by atoms with Gasteiger partial charge in [-0.1, -0.05) is 12.1 Å². The molecule has 0 atom stereocenters. The van der Waals surface area contributed by atoms with Gasteiger partial charge in [0.25, 0.3) is 0 Å². The van der Waals surface area contributed by atoms with Crippen molar-refractivity contribution in [3.05, 3.63) is 71.9 Å². The van der Waals surface area contributed by atoms with E-state index in [4.69, 9.17) is 4.98 Å². The van der Waals surface area contributed by atoms with E-state index in [1.165, 1.54) is 11.1 Å². The molecule has 0 saturated carbocycles. The first-order chi connectivity index (χ1) is 16.2. The van der Waals surface area contributed by atoms with Crippen molar-refractivity contribution < 1.29 is 0 Å². The predicted molar refractivity (Wildman–Crippen MR) is 130 cm³/mol. The fourth-order valence-corrected chi connectivity index (χ4v) is 4.62. The molecule has 5 heterocycles. The van der Waals surface area contributed by atoms with Crippen LogP contribution in [0, 0.1) is 6.92 Å². The molecule has 0 spiro atoms. The molecule has 2 aliphatic heterocycles. The van der Waals surface area contributed by atoms with Gasteiger partial charge in [-0.3, -0.25) is 19.8 Å². The summed E-state index contributed by atoms with van der Waals surface area (Å²) in [5.41, 5.74) is 3.69. The maximum absolute atomic E-state index is 5.02. The average Bonchev–Trinajstić information content (AvgIpc) is 2.87. The molecule has 3 aromatic rings. The second-order valence-corrected chi connectivity index (χ2v) is 8.93. The minimum atomic E-state index is 0.856. The lowest BCUT2D eigenvalue weighted by Gasteiger charge is -2.37. The highest BCUT2D eigenvalue weighted by Gasteiger charge is 2.23. The maximum Gasteiger partial charge on any atom is 0.227 e. The Morgan fingerprint density at radius 1 is 0.697 bits per heavy atom. The molecule has 0 N–H and O–H groups in total. The van der Waals surface area contributed by atoms with E-state index < -0.39 is 0 Å². The number of anilines is 2. The van der Waals surface area contributed by atoms with E-state index in [1.54, 1.807) is 0 Å². The Hall–Kier alpha value is -3.10. The van der Waals surface area contributed by atoms with Crippen molar-refractivity contribution >= 4 is 11.8 Å². The SMILES string of the molecule is Cc1cnc(N2CCN(Cc3cccnc3)CC2)nc1N1CCN(Cc2cccnc2)CC1. The van der Waals surface area contributed by atoms with Crippen LogP contribution in [0.5, 0.6) is 0 Å². The number of hydrogen-bond donors (Lipinski definition) is 0. The Morgan fingerprint density at radius 2 is 1.24 bits per heavy atom. The molecule has 8 heteroatoms. The van der Waals surface area contributed by atoms with Crippen LogP contribution in [0.2, 0.25) is 0 Å². The van der Waals surface area contributed by atoms with Crippen LogP contribution in [0.15, 0.2) is 55.2 Å². The zero-order valence-corrected chi connectivity index (χ0v) is 19.3. The van der Waals surface area contributed by atoms with E-state index in [-0.39, 0.29) is 0 Å². The zero-order chi connectivity index (χ0) is 22.5. The largest absolute Gasteiger partial charge is 0.354 e. The molecule has 2 fully saturated rings. The van der Waals surface area contributed by atoms with E-state index in [0.717, 1.165) is 82.8 Å². The van der Waals surface area contributed by atoms with E-state index in [9.17, 15) is 0 Å². The van der Waals surface area contributed by atoms with E-state index >= 15 is 0 Å². The molecule has 2 saturated heterocycles. The van der Waals surface area contributed by atoms with Gasteiger partial charge in [0.1, 0.15) is 5.82 Å². The molecule has 172 valence electrons. The van der Waals surface area contributed by atoms with Crippen molar-refractivity contribution in [2.75, 3.05) is 62.2 Å². The third-order valence-electron chi connectivity index (χ3n) is 6.52. The van der Waals surface area contributed by atoms with Gasteiger partial charge in [0.2, 0.25) is 5.95 Å². The first-order valence-electron chi connectivity index (χ1n) is 11.8. The molecule has 0 aromatic carbocycles. The molecule has 33 heavy (non-hydrogen) atoms. The predicted octanol–water partition coefficient (Wildman–Crippen LogP) is 2.22. The fraction of sp³-hybridized carbons (Fsp3) is 0.440. The third kappa shape index (κ3) is 5.46. The summed E-state index contributed by atoms with van der Waals surface area (Å²) in [7, 11) is 0. The topological polar surface area (TPSA) is 64.5 Å². The van der Waals surface area contributed by atoms with Crippen molar-refractivity contribution in [3.8, 4) is 0 Å². The van der Waals surface area contributed by atoms with Crippen LogP contribution in [0.3, 0.4) is 0 Å². The van der Waals surface area contributed by atoms with Crippen molar-refractivity contribution in [1.29, 1.82) is 0 Å². The van der Waals surface area contributed by atoms with Gasteiger partial charge in [-0.15, -0.1) is 0 Å². The summed E-state index contributed by atoms with van der Waals surface area (Å²) in [5, 5.41) is 0. The van der Waals surface area contributed by atoms with Gasteiger partial charge in [0.05, 0.1) is 0 Å². The van der Waals surface area contributed by atoms with Crippen LogP contribution in [0.25, 0.3) is 0 Å². The zero-order valence-electron chi connectivity index (χ0n) is 19.3. The summed E-state index contributed by atoms with van der Waals surface area (Å²) in [5.74, 6) is 1.94. The van der Waals surface area contributed by atoms with Crippen molar-refractivity contribution in [3.63, 3.8) is 0 Å². The van der Waals surface area contributed by atoms with E-state index in [2.05, 4.69) is 53.6 Å². The van der Waals surface area contributed by atoms with Gasteiger partial charge in [-0.05, 0) is 30.2 Å². The highest BCUT2D eigenvalue weighted by Crippen LogP contribution is 2.23. The molecular formula is C25H32N8. The molecule has 5 rings (SSSR count). The quantitative estimate of drug-likeness (QED) is 0.574. The molecule has 0 bridgehead atoms. The van der Waals surface area contributed by atoms with Crippen molar-refractivity contribution in [1.82, 2.24) is 29.7 Å². The second kappa shape index (κ2) is 10.2. The lowest BCUT2D eigenvalue weighted by Crippen LogP contribution is -2.48. The van der Waals surface area contributed by atoms with Crippen LogP contribution >= 0.6 is 0 Å².